The third-order valence-corrected chi connectivity index (χ3v) is 5.71. The van der Waals surface area contributed by atoms with Crippen LogP contribution in [-0.4, -0.2) is 36.9 Å². The summed E-state index contributed by atoms with van der Waals surface area (Å²) in [4.78, 5) is 27.3. The molecule has 0 saturated carbocycles. The van der Waals surface area contributed by atoms with Gasteiger partial charge >= 0.3 is 0 Å². The van der Waals surface area contributed by atoms with Crippen LogP contribution in [0.3, 0.4) is 0 Å². The molecule has 3 rings (SSSR count). The molecule has 1 aliphatic heterocycles. The van der Waals surface area contributed by atoms with E-state index in [1.165, 1.54) is 5.56 Å². The molecule has 6 nitrogen and oxygen atoms in total. The molecular formula is C25H33N3O3. The van der Waals surface area contributed by atoms with E-state index in [-0.39, 0.29) is 17.7 Å². The molecule has 0 unspecified atom stereocenters. The van der Waals surface area contributed by atoms with Crippen LogP contribution < -0.4 is 15.4 Å². The first-order chi connectivity index (χ1) is 14.9. The van der Waals surface area contributed by atoms with Crippen LogP contribution in [0, 0.1) is 11.8 Å². The van der Waals surface area contributed by atoms with E-state index in [4.69, 9.17) is 4.74 Å². The maximum atomic E-state index is 12.7. The van der Waals surface area contributed by atoms with E-state index in [1.54, 1.807) is 25.3 Å². The SMILES string of the molecule is COc1ccc(NC(=O)C(C)C)c(NC(=O)CC2CCN(Cc3ccccc3)CC2)c1. The molecule has 1 aliphatic rings. The van der Waals surface area contributed by atoms with Crippen LogP contribution in [0.15, 0.2) is 48.5 Å². The molecule has 166 valence electrons. The molecule has 31 heavy (non-hydrogen) atoms. The molecule has 0 aromatic heterocycles. The molecule has 0 aliphatic carbocycles. The standard InChI is InChI=1S/C25H33N3O3/c1-18(2)25(30)27-22-10-9-21(31-3)16-23(22)26-24(29)15-19-11-13-28(14-12-19)17-20-7-5-4-6-8-20/h4-10,16,18-19H,11-15,17H2,1-3H3,(H,26,29)(H,27,30). The quantitative estimate of drug-likeness (QED) is 0.654. The van der Waals surface area contributed by atoms with Gasteiger partial charge in [0.2, 0.25) is 11.8 Å². The van der Waals surface area contributed by atoms with Gasteiger partial charge in [0.05, 0.1) is 18.5 Å². The Kier molecular flexibility index (Phi) is 8.06. The molecule has 0 bridgehead atoms. The number of methoxy groups -OCH3 is 1. The maximum Gasteiger partial charge on any atom is 0.226 e. The van der Waals surface area contributed by atoms with Crippen LogP contribution in [-0.2, 0) is 16.1 Å². The van der Waals surface area contributed by atoms with Gasteiger partial charge in [-0.1, -0.05) is 44.2 Å². The first-order valence-corrected chi connectivity index (χ1v) is 11.0. The number of piperidine rings is 1. The highest BCUT2D eigenvalue weighted by Crippen LogP contribution is 2.29. The Labute approximate surface area is 185 Å². The fourth-order valence-electron chi connectivity index (χ4n) is 3.79. The maximum absolute atomic E-state index is 12.7. The molecule has 2 amide bonds. The molecule has 2 aromatic carbocycles. The van der Waals surface area contributed by atoms with Gasteiger partial charge in [0, 0.05) is 24.9 Å². The van der Waals surface area contributed by atoms with Crippen LogP contribution >= 0.6 is 0 Å². The van der Waals surface area contributed by atoms with Crippen molar-refractivity contribution in [2.24, 2.45) is 11.8 Å². The van der Waals surface area contributed by atoms with Gasteiger partial charge in [-0.05, 0) is 49.5 Å². The van der Waals surface area contributed by atoms with E-state index < -0.39 is 0 Å². The number of amides is 2. The van der Waals surface area contributed by atoms with Crippen molar-refractivity contribution in [3.63, 3.8) is 0 Å². The van der Waals surface area contributed by atoms with Crippen LogP contribution in [0.4, 0.5) is 11.4 Å². The Hall–Kier alpha value is -2.86. The average Bonchev–Trinajstić information content (AvgIpc) is 2.77. The third kappa shape index (κ3) is 6.82. The van der Waals surface area contributed by atoms with Gasteiger partial charge in [-0.2, -0.15) is 0 Å². The molecule has 2 N–H and O–H groups in total. The monoisotopic (exact) mass is 423 g/mol. The summed E-state index contributed by atoms with van der Waals surface area (Å²) in [5, 5.41) is 5.86. The van der Waals surface area contributed by atoms with Gasteiger partial charge in [0.25, 0.3) is 0 Å². The van der Waals surface area contributed by atoms with E-state index >= 15 is 0 Å². The largest absolute Gasteiger partial charge is 0.497 e. The molecule has 1 heterocycles. The minimum Gasteiger partial charge on any atom is -0.497 e. The number of carbonyl (C=O) groups excluding carboxylic acids is 2. The number of nitrogens with zero attached hydrogens (tertiary/aromatic N) is 1. The third-order valence-electron chi connectivity index (χ3n) is 5.71. The van der Waals surface area contributed by atoms with E-state index in [0.717, 1.165) is 32.5 Å². The number of carbonyl (C=O) groups is 2. The lowest BCUT2D eigenvalue weighted by Crippen LogP contribution is -2.34. The highest BCUT2D eigenvalue weighted by molar-refractivity contribution is 6.00. The Bertz CT molecular complexity index is 875. The first-order valence-electron chi connectivity index (χ1n) is 11.0. The minimum atomic E-state index is -0.147. The lowest BCUT2D eigenvalue weighted by atomic mass is 9.93. The fraction of sp³-hybridized carbons (Fsp3) is 0.440. The Balaban J connectivity index is 1.54. The average molecular weight is 424 g/mol. The van der Waals surface area contributed by atoms with E-state index in [1.807, 2.05) is 19.9 Å². The molecule has 2 aromatic rings. The topological polar surface area (TPSA) is 70.7 Å². The summed E-state index contributed by atoms with van der Waals surface area (Å²) in [6.45, 7) is 6.63. The zero-order valence-electron chi connectivity index (χ0n) is 18.7. The Morgan fingerprint density at radius 1 is 1.03 bits per heavy atom. The normalized spacial score (nSPS) is 15.0. The second kappa shape index (κ2) is 11.0. The Morgan fingerprint density at radius 2 is 1.74 bits per heavy atom. The summed E-state index contributed by atoms with van der Waals surface area (Å²) in [6, 6.07) is 15.8. The number of rotatable bonds is 8. The molecule has 6 heteroatoms. The van der Waals surface area contributed by atoms with Crippen molar-refractivity contribution < 1.29 is 14.3 Å². The molecular weight excluding hydrogens is 390 g/mol. The summed E-state index contributed by atoms with van der Waals surface area (Å²) >= 11 is 0. The second-order valence-electron chi connectivity index (χ2n) is 8.51. The molecule has 1 saturated heterocycles. The number of hydrogen-bond donors (Lipinski definition) is 2. The van der Waals surface area contributed by atoms with Crippen molar-refractivity contribution in [1.29, 1.82) is 0 Å². The predicted octanol–water partition coefficient (Wildman–Crippen LogP) is 4.53. The number of nitrogens with one attached hydrogen (secondary N) is 2. The summed E-state index contributed by atoms with van der Waals surface area (Å²) in [6.07, 6.45) is 2.50. The van der Waals surface area contributed by atoms with Crippen molar-refractivity contribution in [3.05, 3.63) is 54.1 Å². The zero-order valence-corrected chi connectivity index (χ0v) is 18.7. The zero-order chi connectivity index (χ0) is 22.2. The highest BCUT2D eigenvalue weighted by Gasteiger charge is 2.22. The van der Waals surface area contributed by atoms with E-state index in [9.17, 15) is 9.59 Å². The minimum absolute atomic E-state index is 0.0326. The first kappa shape index (κ1) is 22.8. The summed E-state index contributed by atoms with van der Waals surface area (Å²) in [5.41, 5.74) is 2.48. The van der Waals surface area contributed by atoms with Gasteiger partial charge < -0.3 is 15.4 Å². The van der Waals surface area contributed by atoms with Crippen molar-refractivity contribution >= 4 is 23.2 Å². The van der Waals surface area contributed by atoms with Crippen LogP contribution in [0.25, 0.3) is 0 Å². The van der Waals surface area contributed by atoms with Crippen molar-refractivity contribution in [2.45, 2.75) is 39.7 Å². The smallest absolute Gasteiger partial charge is 0.226 e. The van der Waals surface area contributed by atoms with E-state index in [0.29, 0.717) is 29.5 Å². The van der Waals surface area contributed by atoms with E-state index in [2.05, 4.69) is 39.8 Å². The number of hydrogen-bond acceptors (Lipinski definition) is 4. The fourth-order valence-corrected chi connectivity index (χ4v) is 3.79. The van der Waals surface area contributed by atoms with Crippen molar-refractivity contribution in [3.8, 4) is 5.75 Å². The van der Waals surface area contributed by atoms with Crippen molar-refractivity contribution in [1.82, 2.24) is 4.90 Å². The molecule has 1 fully saturated rings. The van der Waals surface area contributed by atoms with Crippen LogP contribution in [0.1, 0.15) is 38.7 Å². The van der Waals surface area contributed by atoms with Gasteiger partial charge in [-0.15, -0.1) is 0 Å². The van der Waals surface area contributed by atoms with Gasteiger partial charge in [-0.25, -0.2) is 0 Å². The molecule has 0 radical (unpaired) electrons. The lowest BCUT2D eigenvalue weighted by molar-refractivity contribution is -0.119. The number of benzene rings is 2. The summed E-state index contributed by atoms with van der Waals surface area (Å²) < 4.78 is 5.28. The summed E-state index contributed by atoms with van der Waals surface area (Å²) in [5.74, 6) is 0.728. The molecule has 0 atom stereocenters. The number of anilines is 2. The second-order valence-corrected chi connectivity index (χ2v) is 8.51. The van der Waals surface area contributed by atoms with Crippen LogP contribution in [0.2, 0.25) is 0 Å². The number of ether oxygens (including phenoxy) is 1. The van der Waals surface area contributed by atoms with Gasteiger partial charge in [-0.3, -0.25) is 14.5 Å². The molecule has 0 spiro atoms. The predicted molar refractivity (Wildman–Crippen MR) is 124 cm³/mol. The number of likely N-dealkylation sites (tertiary alicyclic amines) is 1. The van der Waals surface area contributed by atoms with Crippen LogP contribution in [0.5, 0.6) is 5.75 Å². The van der Waals surface area contributed by atoms with Crippen molar-refractivity contribution in [2.75, 3.05) is 30.8 Å². The van der Waals surface area contributed by atoms with Gasteiger partial charge in [0.1, 0.15) is 5.75 Å². The highest BCUT2D eigenvalue weighted by atomic mass is 16.5. The van der Waals surface area contributed by atoms with Gasteiger partial charge in [0.15, 0.2) is 0 Å². The summed E-state index contributed by atoms with van der Waals surface area (Å²) in [7, 11) is 1.58. The Morgan fingerprint density at radius 3 is 2.39 bits per heavy atom. The lowest BCUT2D eigenvalue weighted by Gasteiger charge is -2.31.